The summed E-state index contributed by atoms with van der Waals surface area (Å²) < 4.78 is 14.3. The van der Waals surface area contributed by atoms with Crippen molar-refractivity contribution in [1.82, 2.24) is 72.9 Å². The van der Waals surface area contributed by atoms with Crippen molar-refractivity contribution in [2.45, 2.75) is 71.8 Å². The van der Waals surface area contributed by atoms with E-state index in [-0.39, 0.29) is 6.09 Å². The standard InChI is InChI=1S/C23H27ClN4O2.C21H24ClN3O.C19H21ClN4.C18H19ClN4/c1-23(2,3)30-22(29)27-12-10-26(11-13-27)15-17-16-28(19-6-4-18(24)5-7-19)21-14-25-9-8-20(17)21;22-18-1-3-19(4-2-18)25-15-17(20-5-9-23-13-21(20)25)14-24-10-6-16(7-11-24)8-12-26;1-22-8-10-23(11-9-22)13-15-14-24(17-4-2-16(20)3-5-17)19-12-21-7-6-18(15)19;19-15-1-3-16(4-2-15)23-13-14(12-22-9-7-20-8-10-22)17-5-6-21-11-18(17)23/h4-9,14,16H,10-13,15H2,1-3H3;1-5,9,13,15-16,26H,6-8,10-12,14H2;2-7,12,14H,8-11,13H2,1H3;1-6,11,13,20H,7-10,12H2. The molecule has 4 fully saturated rings. The van der Waals surface area contributed by atoms with Crippen molar-refractivity contribution < 1.29 is 14.6 Å². The minimum atomic E-state index is -0.467. The highest BCUT2D eigenvalue weighted by Crippen LogP contribution is 2.33. The van der Waals surface area contributed by atoms with E-state index in [0.717, 1.165) is 176 Å². The maximum atomic E-state index is 12.3. The Hall–Kier alpha value is -8.21. The van der Waals surface area contributed by atoms with Gasteiger partial charge >= 0.3 is 6.09 Å². The molecule has 22 heteroatoms. The van der Waals surface area contributed by atoms with Crippen LogP contribution in [-0.2, 0) is 30.9 Å². The van der Waals surface area contributed by atoms with Crippen LogP contribution in [0.5, 0.6) is 0 Å². The van der Waals surface area contributed by atoms with Gasteiger partial charge in [-0.1, -0.05) is 46.4 Å². The zero-order valence-electron chi connectivity index (χ0n) is 59.1. The van der Waals surface area contributed by atoms with Crippen molar-refractivity contribution in [3.05, 3.63) is 238 Å². The molecule has 4 saturated heterocycles. The predicted octanol–water partition coefficient (Wildman–Crippen LogP) is 15.5. The lowest BCUT2D eigenvalue weighted by atomic mass is 9.94. The number of hydrogen-bond donors (Lipinski definition) is 2. The highest BCUT2D eigenvalue weighted by molar-refractivity contribution is 6.31. The molecule has 0 saturated carbocycles. The van der Waals surface area contributed by atoms with Crippen LogP contribution in [-0.4, -0.2) is 190 Å². The van der Waals surface area contributed by atoms with E-state index in [4.69, 9.17) is 56.2 Å². The van der Waals surface area contributed by atoms with Crippen LogP contribution in [0.15, 0.2) is 196 Å². The molecule has 16 rings (SSSR count). The van der Waals surface area contributed by atoms with E-state index in [2.05, 4.69) is 136 Å². The number of piperazine rings is 3. The molecule has 8 aromatic heterocycles. The molecular weight excluding hydrogens is 1370 g/mol. The summed E-state index contributed by atoms with van der Waals surface area (Å²) in [5.41, 5.74) is 13.7. The quantitative estimate of drug-likeness (QED) is 0.106. The largest absolute Gasteiger partial charge is 0.444 e. The molecule has 0 spiro atoms. The number of nitrogens with zero attached hydrogens (tertiary/aromatic N) is 14. The molecular formula is C81H91Cl4N15O3. The van der Waals surface area contributed by atoms with Gasteiger partial charge in [0.25, 0.3) is 0 Å². The molecule has 0 aliphatic carbocycles. The number of pyridine rings is 4. The van der Waals surface area contributed by atoms with Gasteiger partial charge in [-0.05, 0) is 210 Å². The fraction of sp³-hybridized carbons (Fsp3) is 0.346. The number of aliphatic hydroxyl groups is 1. The molecule has 103 heavy (non-hydrogen) atoms. The summed E-state index contributed by atoms with van der Waals surface area (Å²) in [7, 11) is 2.19. The SMILES string of the molecule is CC(C)(C)OC(=O)N1CCN(Cc2cn(-c3ccc(Cl)cc3)c3cnccc23)CC1.CN1CCN(Cc2cn(-c3ccc(Cl)cc3)c3cnccc23)CC1.Clc1ccc(-n2cc(CN3CCNCC3)c3ccncc32)cc1.OCCC1CCN(Cc2cn(-c3ccc(Cl)cc3)c3cnccc23)CC1. The van der Waals surface area contributed by atoms with Crippen molar-refractivity contribution in [2.75, 3.05) is 105 Å². The molecule has 0 unspecified atom stereocenters. The Morgan fingerprint density at radius 3 is 1.05 bits per heavy atom. The first kappa shape index (κ1) is 73.1. The van der Waals surface area contributed by atoms with Gasteiger partial charge in [-0.3, -0.25) is 39.5 Å². The Balaban J connectivity index is 0.000000123. The summed E-state index contributed by atoms with van der Waals surface area (Å²) in [6.07, 6.45) is 27.1. The average molecular weight is 1460 g/mol. The third-order valence-electron chi connectivity index (χ3n) is 19.8. The lowest BCUT2D eigenvalue weighted by Gasteiger charge is -2.35. The number of likely N-dealkylation sites (N-methyl/N-ethyl adjacent to an activating group) is 1. The van der Waals surface area contributed by atoms with Crippen LogP contribution in [0.3, 0.4) is 0 Å². The number of fused-ring (bicyclic) bond motifs is 4. The van der Waals surface area contributed by atoms with Crippen LogP contribution in [0.25, 0.3) is 66.4 Å². The molecule has 12 aromatic rings. The second-order valence-electron chi connectivity index (χ2n) is 28.2. The molecule has 4 aromatic carbocycles. The topological polar surface area (TPSA) is 149 Å². The van der Waals surface area contributed by atoms with Crippen LogP contribution in [0.2, 0.25) is 20.1 Å². The number of hydrogen-bond acceptors (Lipinski definition) is 13. The maximum Gasteiger partial charge on any atom is 0.410 e. The molecule has 12 heterocycles. The van der Waals surface area contributed by atoms with Gasteiger partial charge < -0.3 is 43.2 Å². The van der Waals surface area contributed by atoms with Gasteiger partial charge in [-0.15, -0.1) is 0 Å². The molecule has 536 valence electrons. The van der Waals surface area contributed by atoms with Crippen molar-refractivity contribution in [3.8, 4) is 22.7 Å². The van der Waals surface area contributed by atoms with Crippen LogP contribution in [0, 0.1) is 5.92 Å². The molecule has 18 nitrogen and oxygen atoms in total. The summed E-state index contributed by atoms with van der Waals surface area (Å²) in [6.45, 7) is 23.7. The molecule has 0 bridgehead atoms. The molecule has 4 aliphatic heterocycles. The number of halogens is 4. The summed E-state index contributed by atoms with van der Waals surface area (Å²) in [4.78, 5) is 43.7. The van der Waals surface area contributed by atoms with Crippen LogP contribution < -0.4 is 5.32 Å². The zero-order valence-corrected chi connectivity index (χ0v) is 62.2. The van der Waals surface area contributed by atoms with E-state index in [9.17, 15) is 4.79 Å². The van der Waals surface area contributed by atoms with Gasteiger partial charge in [-0.25, -0.2) is 4.79 Å². The fourth-order valence-corrected chi connectivity index (χ4v) is 14.7. The van der Waals surface area contributed by atoms with Gasteiger partial charge in [0, 0.05) is 225 Å². The monoisotopic (exact) mass is 1460 g/mol. The van der Waals surface area contributed by atoms with E-state index in [1.165, 1.54) is 56.6 Å². The third kappa shape index (κ3) is 18.7. The Bertz CT molecular complexity index is 4730. The second kappa shape index (κ2) is 34.1. The molecule has 4 aliphatic rings. The lowest BCUT2D eigenvalue weighted by Crippen LogP contribution is -2.49. The molecule has 1 amide bonds. The van der Waals surface area contributed by atoms with E-state index >= 15 is 0 Å². The first-order valence-electron chi connectivity index (χ1n) is 35.7. The van der Waals surface area contributed by atoms with Gasteiger partial charge in [0.2, 0.25) is 0 Å². The zero-order chi connectivity index (χ0) is 71.4. The molecule has 0 radical (unpaired) electrons. The van der Waals surface area contributed by atoms with Crippen molar-refractivity contribution in [2.24, 2.45) is 5.92 Å². The number of piperidine rings is 1. The number of likely N-dealkylation sites (tertiary alicyclic amines) is 1. The average Bonchev–Trinajstić information content (AvgIpc) is 1.66. The summed E-state index contributed by atoms with van der Waals surface area (Å²) in [6, 6.07) is 40.0. The maximum absolute atomic E-state index is 12.3. The van der Waals surface area contributed by atoms with Crippen LogP contribution >= 0.6 is 46.4 Å². The smallest absolute Gasteiger partial charge is 0.410 e. The number of aliphatic hydroxyl groups excluding tert-OH is 1. The second-order valence-corrected chi connectivity index (χ2v) is 29.9. The van der Waals surface area contributed by atoms with Crippen molar-refractivity contribution >= 4 is 96.1 Å². The molecule has 0 atom stereocenters. The Labute approximate surface area is 623 Å². The number of nitrogens with one attached hydrogen (secondary N) is 1. The highest BCUT2D eigenvalue weighted by atomic mass is 35.5. The van der Waals surface area contributed by atoms with E-state index < -0.39 is 5.60 Å². The number of ether oxygens (including phenoxy) is 1. The van der Waals surface area contributed by atoms with Gasteiger partial charge in [0.1, 0.15) is 5.60 Å². The normalized spacial score (nSPS) is 16.1. The number of benzene rings is 4. The predicted molar refractivity (Wildman–Crippen MR) is 418 cm³/mol. The van der Waals surface area contributed by atoms with Crippen LogP contribution in [0.4, 0.5) is 4.79 Å². The van der Waals surface area contributed by atoms with Gasteiger partial charge in [0.05, 0.1) is 46.9 Å². The first-order chi connectivity index (χ1) is 50.1. The summed E-state index contributed by atoms with van der Waals surface area (Å²) in [5.74, 6) is 0.677. The highest BCUT2D eigenvalue weighted by Gasteiger charge is 2.28. The minimum Gasteiger partial charge on any atom is -0.444 e. The number of amides is 1. The summed E-state index contributed by atoms with van der Waals surface area (Å²) in [5, 5.41) is 20.5. The van der Waals surface area contributed by atoms with Crippen LogP contribution in [0.1, 0.15) is 62.3 Å². The molecule has 2 N–H and O–H groups in total. The number of aromatic nitrogens is 8. The third-order valence-corrected chi connectivity index (χ3v) is 20.8. The number of rotatable bonds is 14. The Kier molecular flexibility index (Phi) is 24.2. The first-order valence-corrected chi connectivity index (χ1v) is 37.2. The number of carbonyl (C=O) groups excluding carboxylic acids is 1. The number of carbonyl (C=O) groups is 1. The lowest BCUT2D eigenvalue weighted by molar-refractivity contribution is 0.0139. The van der Waals surface area contributed by atoms with Gasteiger partial charge in [-0.2, -0.15) is 0 Å². The van der Waals surface area contributed by atoms with E-state index in [1.807, 2.05) is 155 Å². The van der Waals surface area contributed by atoms with Crippen molar-refractivity contribution in [3.63, 3.8) is 0 Å². The van der Waals surface area contributed by atoms with E-state index in [0.29, 0.717) is 25.6 Å². The summed E-state index contributed by atoms with van der Waals surface area (Å²) >= 11 is 24.1. The van der Waals surface area contributed by atoms with Crippen molar-refractivity contribution in [1.29, 1.82) is 0 Å². The Morgan fingerprint density at radius 1 is 0.437 bits per heavy atom. The minimum absolute atomic E-state index is 0.229. The fourth-order valence-electron chi connectivity index (χ4n) is 14.2. The Morgan fingerprint density at radius 2 is 0.738 bits per heavy atom. The van der Waals surface area contributed by atoms with Gasteiger partial charge in [0.15, 0.2) is 0 Å². The van der Waals surface area contributed by atoms with E-state index in [1.54, 1.807) is 4.90 Å².